The van der Waals surface area contributed by atoms with Crippen LogP contribution in [0.4, 0.5) is 0 Å². The van der Waals surface area contributed by atoms with Gasteiger partial charge >= 0.3 is 25.7 Å². The third kappa shape index (κ3) is 10.2. The lowest BCUT2D eigenvalue weighted by atomic mass is 9.98. The molecule has 0 aliphatic heterocycles. The number of rotatable bonds is 10. The van der Waals surface area contributed by atoms with E-state index in [9.17, 15) is 18.9 Å². The summed E-state index contributed by atoms with van der Waals surface area (Å²) >= 11 is 0. The summed E-state index contributed by atoms with van der Waals surface area (Å²) in [6, 6.07) is 5.95. The zero-order valence-electron chi connectivity index (χ0n) is 19.9. The van der Waals surface area contributed by atoms with Gasteiger partial charge in [0.15, 0.2) is 0 Å². The number of carboxylic acid groups (broad SMARTS) is 1. The highest BCUT2D eigenvalue weighted by atomic mass is 31.2. The van der Waals surface area contributed by atoms with Crippen LogP contribution < -0.4 is 4.52 Å². The third-order valence-corrected chi connectivity index (χ3v) is 5.17. The quantitative estimate of drug-likeness (QED) is 0.213. The molecule has 0 spiro atoms. The Hall–Kier alpha value is -2.68. The predicted molar refractivity (Wildman–Crippen MR) is 119 cm³/mol. The molecule has 10 nitrogen and oxygen atoms in total. The lowest BCUT2D eigenvalue weighted by Gasteiger charge is -2.21. The zero-order valence-corrected chi connectivity index (χ0v) is 20.8. The lowest BCUT2D eigenvalue weighted by molar-refractivity contribution is -0.162. The molecule has 1 rings (SSSR count). The second-order valence-corrected chi connectivity index (χ2v) is 10.7. The van der Waals surface area contributed by atoms with E-state index in [4.69, 9.17) is 28.2 Å². The first-order valence-electron chi connectivity index (χ1n) is 9.98. The maximum atomic E-state index is 13.1. The number of phosphoric ester groups is 1. The van der Waals surface area contributed by atoms with Crippen LogP contribution in [0, 0.1) is 10.8 Å². The Bertz CT molecular complexity index is 884. The Labute approximate surface area is 193 Å². The van der Waals surface area contributed by atoms with Crippen molar-refractivity contribution in [3.05, 3.63) is 35.9 Å². The van der Waals surface area contributed by atoms with Crippen molar-refractivity contribution in [2.45, 2.75) is 48.5 Å². The SMILES string of the molecule is C/C(=C\C(=O)O)c1ccc(OP(=O)(OCOC(=O)C(C)(C)C)OCOC(=O)C(C)(C)C)cc1. The number of hydrogen-bond donors (Lipinski definition) is 1. The summed E-state index contributed by atoms with van der Waals surface area (Å²) in [6.45, 7) is 9.98. The zero-order chi connectivity index (χ0) is 25.4. The molecule has 184 valence electrons. The maximum absolute atomic E-state index is 13.1. The number of esters is 2. The molecule has 1 aromatic carbocycles. The minimum Gasteiger partial charge on any atom is -0.478 e. The number of allylic oxidation sites excluding steroid dienone is 1. The van der Waals surface area contributed by atoms with Crippen molar-refractivity contribution < 1.29 is 47.1 Å². The van der Waals surface area contributed by atoms with Crippen molar-refractivity contribution in [2.24, 2.45) is 10.8 Å². The van der Waals surface area contributed by atoms with Gasteiger partial charge in [-0.2, -0.15) is 0 Å². The van der Waals surface area contributed by atoms with E-state index in [0.29, 0.717) is 11.1 Å². The Morgan fingerprint density at radius 2 is 1.30 bits per heavy atom. The molecule has 0 radical (unpaired) electrons. The average Bonchev–Trinajstić information content (AvgIpc) is 2.66. The molecule has 11 heteroatoms. The fourth-order valence-electron chi connectivity index (χ4n) is 1.99. The molecular weight excluding hydrogens is 455 g/mol. The summed E-state index contributed by atoms with van der Waals surface area (Å²) in [5.41, 5.74) is -0.532. The highest BCUT2D eigenvalue weighted by Gasteiger charge is 2.32. The second-order valence-electron chi connectivity index (χ2n) is 9.09. The number of carbonyl (C=O) groups excluding carboxylic acids is 2. The van der Waals surface area contributed by atoms with Crippen molar-refractivity contribution in [3.63, 3.8) is 0 Å². The smallest absolute Gasteiger partial charge is 0.478 e. The summed E-state index contributed by atoms with van der Waals surface area (Å²) in [6.07, 6.45) is 1.04. The van der Waals surface area contributed by atoms with Gasteiger partial charge < -0.3 is 19.1 Å². The number of ether oxygens (including phenoxy) is 2. The van der Waals surface area contributed by atoms with E-state index in [0.717, 1.165) is 6.08 Å². The number of benzene rings is 1. The van der Waals surface area contributed by atoms with E-state index < -0.39 is 50.1 Å². The number of hydrogen-bond acceptors (Lipinski definition) is 9. The molecule has 0 aromatic heterocycles. The van der Waals surface area contributed by atoms with Crippen LogP contribution in [0.25, 0.3) is 5.57 Å². The number of aliphatic carboxylic acids is 1. The lowest BCUT2D eigenvalue weighted by Crippen LogP contribution is -2.25. The number of carbonyl (C=O) groups is 3. The fourth-order valence-corrected chi connectivity index (χ4v) is 2.91. The summed E-state index contributed by atoms with van der Waals surface area (Å²) in [7, 11) is -4.38. The van der Waals surface area contributed by atoms with Gasteiger partial charge in [0.2, 0.25) is 13.6 Å². The van der Waals surface area contributed by atoms with Crippen LogP contribution >= 0.6 is 7.82 Å². The second kappa shape index (κ2) is 11.4. The fraction of sp³-hybridized carbons (Fsp3) is 0.500. The van der Waals surface area contributed by atoms with Gasteiger partial charge in [-0.15, -0.1) is 0 Å². The van der Waals surface area contributed by atoms with Gasteiger partial charge in [0.05, 0.1) is 10.8 Å². The minimum atomic E-state index is -4.38. The Balaban J connectivity index is 2.94. The average molecular weight is 486 g/mol. The van der Waals surface area contributed by atoms with E-state index in [2.05, 4.69) is 0 Å². The first-order chi connectivity index (χ1) is 15.0. The van der Waals surface area contributed by atoms with Crippen LogP contribution in [0.5, 0.6) is 5.75 Å². The van der Waals surface area contributed by atoms with Crippen LogP contribution in [0.3, 0.4) is 0 Å². The Kier molecular flexibility index (Phi) is 9.84. The molecule has 0 saturated heterocycles. The number of carboxylic acids is 1. The molecule has 0 heterocycles. The summed E-state index contributed by atoms with van der Waals surface area (Å²) in [4.78, 5) is 34.6. The molecule has 1 aromatic rings. The topological polar surface area (TPSA) is 135 Å². The van der Waals surface area contributed by atoms with E-state index in [-0.39, 0.29) is 5.75 Å². The van der Waals surface area contributed by atoms with Crippen LogP contribution in [0.15, 0.2) is 30.3 Å². The molecule has 0 aliphatic rings. The highest BCUT2D eigenvalue weighted by molar-refractivity contribution is 7.48. The molecule has 0 saturated carbocycles. The summed E-state index contributed by atoms with van der Waals surface area (Å²) in [5.74, 6) is -2.22. The monoisotopic (exact) mass is 486 g/mol. The molecule has 0 unspecified atom stereocenters. The van der Waals surface area contributed by atoms with Crippen molar-refractivity contribution in [1.29, 1.82) is 0 Å². The van der Waals surface area contributed by atoms with Crippen LogP contribution in [0.1, 0.15) is 54.0 Å². The minimum absolute atomic E-state index is 0.0644. The van der Waals surface area contributed by atoms with Gasteiger partial charge in [-0.25, -0.2) is 18.4 Å². The largest absolute Gasteiger partial charge is 0.535 e. The molecule has 0 aliphatic carbocycles. The van der Waals surface area contributed by atoms with Crippen LogP contribution in [-0.2, 0) is 37.5 Å². The van der Waals surface area contributed by atoms with E-state index in [1.165, 1.54) is 12.1 Å². The maximum Gasteiger partial charge on any atom is 0.535 e. The van der Waals surface area contributed by atoms with E-state index >= 15 is 0 Å². The third-order valence-electron chi connectivity index (χ3n) is 3.89. The van der Waals surface area contributed by atoms with Gasteiger partial charge in [0.25, 0.3) is 0 Å². The molecule has 1 N–H and O–H groups in total. The van der Waals surface area contributed by atoms with Crippen molar-refractivity contribution in [2.75, 3.05) is 13.6 Å². The molecule has 33 heavy (non-hydrogen) atoms. The van der Waals surface area contributed by atoms with Crippen molar-refractivity contribution in [1.82, 2.24) is 0 Å². The van der Waals surface area contributed by atoms with E-state index in [1.807, 2.05) is 0 Å². The van der Waals surface area contributed by atoms with Gasteiger partial charge in [-0.1, -0.05) is 12.1 Å². The standard InChI is InChI=1S/C22H31O10P/c1-15(12-18(23)24)16-8-10-17(11-9-16)32-33(27,30-13-28-19(25)21(2,3)4)31-14-29-20(26)22(5,6)7/h8-12H,13-14H2,1-7H3,(H,23,24)/b15-12+. The van der Waals surface area contributed by atoms with Gasteiger partial charge in [0, 0.05) is 6.08 Å². The van der Waals surface area contributed by atoms with E-state index in [1.54, 1.807) is 60.6 Å². The van der Waals surface area contributed by atoms with Crippen molar-refractivity contribution >= 4 is 31.3 Å². The summed E-state index contributed by atoms with van der Waals surface area (Å²) < 4.78 is 38.5. The summed E-state index contributed by atoms with van der Waals surface area (Å²) in [5, 5.41) is 8.85. The van der Waals surface area contributed by atoms with Gasteiger partial charge in [-0.05, 0) is 71.7 Å². The predicted octanol–water partition coefficient (Wildman–Crippen LogP) is 4.79. The highest BCUT2D eigenvalue weighted by Crippen LogP contribution is 2.49. The normalized spacial score (nSPS) is 12.8. The molecule has 0 amide bonds. The first-order valence-corrected chi connectivity index (χ1v) is 11.4. The van der Waals surface area contributed by atoms with Gasteiger partial charge in [0.1, 0.15) is 5.75 Å². The molecule has 0 bridgehead atoms. The molecule has 0 atom stereocenters. The van der Waals surface area contributed by atoms with Crippen LogP contribution in [-0.4, -0.2) is 36.6 Å². The number of phosphoric acid groups is 1. The first kappa shape index (κ1) is 28.4. The molecule has 0 fully saturated rings. The van der Waals surface area contributed by atoms with Crippen molar-refractivity contribution in [3.8, 4) is 5.75 Å². The van der Waals surface area contributed by atoms with Crippen LogP contribution in [0.2, 0.25) is 0 Å². The van der Waals surface area contributed by atoms with Gasteiger partial charge in [-0.3, -0.25) is 9.59 Å². The Morgan fingerprint density at radius 1 is 0.879 bits per heavy atom. The molecular formula is C22H31O10P. The Morgan fingerprint density at radius 3 is 1.67 bits per heavy atom.